The second-order valence-electron chi connectivity index (χ2n) is 4.90. The Kier molecular flexibility index (Phi) is 2.49. The molecule has 0 saturated heterocycles. The van der Waals surface area contributed by atoms with E-state index in [1.54, 1.807) is 30.8 Å². The summed E-state index contributed by atoms with van der Waals surface area (Å²) in [7, 11) is 3.52. The smallest absolute Gasteiger partial charge is 0.291 e. The molecule has 0 atom stereocenters. The summed E-state index contributed by atoms with van der Waals surface area (Å²) in [4.78, 5) is 16.8. The van der Waals surface area contributed by atoms with E-state index in [9.17, 15) is 4.79 Å². The quantitative estimate of drug-likeness (QED) is 0.603. The zero-order valence-electron chi connectivity index (χ0n) is 11.5. The summed E-state index contributed by atoms with van der Waals surface area (Å²) in [6.07, 6.45) is 4.21. The van der Waals surface area contributed by atoms with E-state index >= 15 is 0 Å². The number of aromatic nitrogens is 6. The van der Waals surface area contributed by atoms with Gasteiger partial charge in [0.05, 0.1) is 16.6 Å². The number of rotatable bonds is 2. The molecular weight excluding hydrogens is 288 g/mol. The van der Waals surface area contributed by atoms with Gasteiger partial charge < -0.3 is 4.57 Å². The summed E-state index contributed by atoms with van der Waals surface area (Å²) in [6.45, 7) is 0. The molecule has 1 N–H and O–H groups in total. The fourth-order valence-electron chi connectivity index (χ4n) is 2.50. The molecule has 4 rings (SSSR count). The van der Waals surface area contributed by atoms with Crippen LogP contribution in [0.15, 0.2) is 23.3 Å². The van der Waals surface area contributed by atoms with Crippen LogP contribution < -0.4 is 5.56 Å². The van der Waals surface area contributed by atoms with E-state index in [1.807, 2.05) is 17.7 Å². The van der Waals surface area contributed by atoms with Gasteiger partial charge in [-0.25, -0.2) is 9.67 Å². The summed E-state index contributed by atoms with van der Waals surface area (Å²) in [5.74, 6) is 0. The molecule has 0 radical (unpaired) electrons. The van der Waals surface area contributed by atoms with Gasteiger partial charge in [0.1, 0.15) is 10.5 Å². The van der Waals surface area contributed by atoms with Gasteiger partial charge in [0.2, 0.25) is 0 Å². The Morgan fingerprint density at radius 2 is 2.24 bits per heavy atom. The molecule has 4 heterocycles. The summed E-state index contributed by atoms with van der Waals surface area (Å²) in [5.41, 5.74) is 2.32. The maximum atomic E-state index is 12.2. The van der Waals surface area contributed by atoms with E-state index in [0.29, 0.717) is 11.9 Å². The van der Waals surface area contributed by atoms with Crippen LogP contribution in [-0.4, -0.2) is 29.5 Å². The van der Waals surface area contributed by atoms with Crippen molar-refractivity contribution in [3.05, 3.63) is 39.5 Å². The van der Waals surface area contributed by atoms with E-state index in [2.05, 4.69) is 20.3 Å². The summed E-state index contributed by atoms with van der Waals surface area (Å²) in [6, 6.07) is 1.93. The first-order valence-electron chi connectivity index (χ1n) is 6.44. The molecule has 4 aromatic heterocycles. The number of H-pyrrole nitrogens is 1. The van der Waals surface area contributed by atoms with Gasteiger partial charge >= 0.3 is 0 Å². The third-order valence-corrected chi connectivity index (χ3v) is 4.63. The average Bonchev–Trinajstić information content (AvgIpc) is 3.15. The zero-order valence-corrected chi connectivity index (χ0v) is 12.3. The normalized spacial score (nSPS) is 11.7. The highest BCUT2D eigenvalue weighted by atomic mass is 32.1. The molecule has 4 aromatic rings. The van der Waals surface area contributed by atoms with Gasteiger partial charge in [-0.2, -0.15) is 10.2 Å². The van der Waals surface area contributed by atoms with Crippen molar-refractivity contribution in [3.63, 3.8) is 0 Å². The van der Waals surface area contributed by atoms with Crippen LogP contribution in [0.2, 0.25) is 0 Å². The number of hydrogen-bond donors (Lipinski definition) is 1. The van der Waals surface area contributed by atoms with Gasteiger partial charge in [-0.15, -0.1) is 11.3 Å². The molecule has 0 amide bonds. The predicted molar refractivity (Wildman–Crippen MR) is 80.5 cm³/mol. The van der Waals surface area contributed by atoms with E-state index in [1.165, 1.54) is 4.68 Å². The van der Waals surface area contributed by atoms with Crippen LogP contribution in [0.5, 0.6) is 0 Å². The number of hydrogen-bond acceptors (Lipinski definition) is 5. The Labute approximate surface area is 122 Å². The molecule has 0 aliphatic carbocycles. The maximum absolute atomic E-state index is 12.2. The molecule has 0 aromatic carbocycles. The monoisotopic (exact) mass is 300 g/mol. The zero-order chi connectivity index (χ0) is 14.6. The Morgan fingerprint density at radius 3 is 3.00 bits per heavy atom. The number of nitrogens with zero attached hydrogens (tertiary/aromatic N) is 5. The first kappa shape index (κ1) is 12.3. The molecule has 106 valence electrons. The molecule has 0 aliphatic heterocycles. The van der Waals surface area contributed by atoms with Crippen LogP contribution in [0, 0.1) is 0 Å². The van der Waals surface area contributed by atoms with Crippen LogP contribution in [0.4, 0.5) is 0 Å². The molecule has 0 spiro atoms. The Morgan fingerprint density at radius 1 is 1.38 bits per heavy atom. The van der Waals surface area contributed by atoms with E-state index in [-0.39, 0.29) is 5.56 Å². The van der Waals surface area contributed by atoms with Crippen molar-refractivity contribution in [2.24, 2.45) is 14.1 Å². The third-order valence-electron chi connectivity index (χ3n) is 3.55. The SMILES string of the molecule is Cn1ncc2c3sc(Cc4cc[nH]n4)nc3n(C)c2c1=O. The first-order chi connectivity index (χ1) is 10.1. The summed E-state index contributed by atoms with van der Waals surface area (Å²) < 4.78 is 4.19. The van der Waals surface area contributed by atoms with Gasteiger partial charge in [-0.3, -0.25) is 9.89 Å². The van der Waals surface area contributed by atoms with Gasteiger partial charge in [-0.1, -0.05) is 0 Å². The summed E-state index contributed by atoms with van der Waals surface area (Å²) in [5, 5.41) is 12.9. The minimum Gasteiger partial charge on any atom is -0.323 e. The Balaban J connectivity index is 1.95. The van der Waals surface area contributed by atoms with E-state index in [4.69, 9.17) is 0 Å². The lowest BCUT2D eigenvalue weighted by molar-refractivity contribution is 0.713. The molecule has 0 fully saturated rings. The van der Waals surface area contributed by atoms with Crippen LogP contribution in [0.3, 0.4) is 0 Å². The lowest BCUT2D eigenvalue weighted by atomic mass is 10.3. The number of thiazole rings is 1. The van der Waals surface area contributed by atoms with Gasteiger partial charge in [0, 0.05) is 32.1 Å². The second kappa shape index (κ2) is 4.26. The molecule has 0 aliphatic rings. The van der Waals surface area contributed by atoms with Crippen molar-refractivity contribution >= 4 is 32.6 Å². The highest BCUT2D eigenvalue weighted by Gasteiger charge is 2.17. The number of aromatic amines is 1. The van der Waals surface area contributed by atoms with Crippen LogP contribution in [0.1, 0.15) is 10.7 Å². The topological polar surface area (TPSA) is 81.4 Å². The van der Waals surface area contributed by atoms with Crippen LogP contribution in [0.25, 0.3) is 21.3 Å². The largest absolute Gasteiger partial charge is 0.323 e. The predicted octanol–water partition coefficient (Wildman–Crippen LogP) is 1.20. The molecule has 0 bridgehead atoms. The van der Waals surface area contributed by atoms with Crippen molar-refractivity contribution in [3.8, 4) is 0 Å². The first-order valence-corrected chi connectivity index (χ1v) is 7.25. The van der Waals surface area contributed by atoms with Crippen LogP contribution in [-0.2, 0) is 20.5 Å². The average molecular weight is 300 g/mol. The molecule has 21 heavy (non-hydrogen) atoms. The van der Waals surface area contributed by atoms with E-state index < -0.39 is 0 Å². The number of fused-ring (bicyclic) bond motifs is 3. The third kappa shape index (κ3) is 1.72. The minimum absolute atomic E-state index is 0.103. The Bertz CT molecular complexity index is 1010. The fraction of sp³-hybridized carbons (Fsp3) is 0.231. The number of nitrogens with one attached hydrogen (secondary N) is 1. The van der Waals surface area contributed by atoms with E-state index in [0.717, 1.165) is 26.4 Å². The van der Waals surface area contributed by atoms with Gasteiger partial charge in [-0.05, 0) is 6.07 Å². The van der Waals surface area contributed by atoms with Crippen molar-refractivity contribution in [1.29, 1.82) is 0 Å². The second-order valence-corrected chi connectivity index (χ2v) is 5.98. The fourth-order valence-corrected chi connectivity index (χ4v) is 3.62. The van der Waals surface area contributed by atoms with Crippen molar-refractivity contribution < 1.29 is 0 Å². The molecule has 0 unspecified atom stereocenters. The summed E-state index contributed by atoms with van der Waals surface area (Å²) >= 11 is 1.59. The van der Waals surface area contributed by atoms with Crippen molar-refractivity contribution in [1.82, 2.24) is 29.5 Å². The van der Waals surface area contributed by atoms with Gasteiger partial charge in [0.25, 0.3) is 5.56 Å². The molecule has 0 saturated carbocycles. The van der Waals surface area contributed by atoms with Crippen molar-refractivity contribution in [2.45, 2.75) is 6.42 Å². The minimum atomic E-state index is -0.103. The molecular formula is C13H12N6OS. The highest BCUT2D eigenvalue weighted by molar-refractivity contribution is 7.19. The van der Waals surface area contributed by atoms with Crippen LogP contribution >= 0.6 is 11.3 Å². The Hall–Kier alpha value is -2.48. The lowest BCUT2D eigenvalue weighted by Gasteiger charge is -1.98. The highest BCUT2D eigenvalue weighted by Crippen LogP contribution is 2.31. The standard InChI is InChI=1S/C13H12N6OS/c1-18-10-8(6-15-19(2)13(10)20)11-12(18)16-9(21-11)5-7-3-4-14-17-7/h3-4,6H,5H2,1-2H3,(H,14,17). The molecule has 7 nitrogen and oxygen atoms in total. The van der Waals surface area contributed by atoms with Crippen molar-refractivity contribution in [2.75, 3.05) is 0 Å². The molecule has 8 heteroatoms. The lowest BCUT2D eigenvalue weighted by Crippen LogP contribution is -2.20. The van der Waals surface area contributed by atoms with Gasteiger partial charge in [0.15, 0.2) is 5.65 Å². The maximum Gasteiger partial charge on any atom is 0.291 e. The number of aryl methyl sites for hydroxylation is 2.